The first-order chi connectivity index (χ1) is 8.90. The topological polar surface area (TPSA) is 29.3 Å². The monoisotopic (exact) mass is 300 g/mol. The summed E-state index contributed by atoms with van der Waals surface area (Å²) in [7, 11) is 0. The van der Waals surface area contributed by atoms with Crippen molar-refractivity contribution in [3.05, 3.63) is 34.6 Å². The van der Waals surface area contributed by atoms with Gasteiger partial charge in [-0.25, -0.2) is 4.39 Å². The summed E-state index contributed by atoms with van der Waals surface area (Å²) in [6.45, 7) is 4.73. The minimum atomic E-state index is -0.298. The average Bonchev–Trinajstić information content (AvgIpc) is 2.35. The summed E-state index contributed by atoms with van der Waals surface area (Å²) in [4.78, 5) is 2.91. The zero-order valence-electron chi connectivity index (χ0n) is 11.0. The molecule has 0 spiro atoms. The Morgan fingerprint density at radius 3 is 2.63 bits per heavy atom. The Kier molecular flexibility index (Phi) is 4.43. The molecule has 0 aromatic heterocycles. The largest absolute Gasteiger partial charge is 0.393 e. The summed E-state index contributed by atoms with van der Waals surface area (Å²) in [5, 5.41) is 0.489. The SMILES string of the molecule is CC1(C(N)=S)CCN(Cc2ccc(F)cc2Cl)CC1. The number of hydrogen-bond donors (Lipinski definition) is 1. The van der Waals surface area contributed by atoms with Gasteiger partial charge in [0.2, 0.25) is 0 Å². The lowest BCUT2D eigenvalue weighted by molar-refractivity contribution is 0.158. The zero-order chi connectivity index (χ0) is 14.0. The van der Waals surface area contributed by atoms with E-state index in [1.807, 2.05) is 0 Å². The van der Waals surface area contributed by atoms with Crippen molar-refractivity contribution in [1.29, 1.82) is 0 Å². The number of halogens is 2. The molecule has 1 aliphatic heterocycles. The van der Waals surface area contributed by atoms with Crippen LogP contribution < -0.4 is 5.73 Å². The van der Waals surface area contributed by atoms with Gasteiger partial charge in [0.15, 0.2) is 0 Å². The summed E-state index contributed by atoms with van der Waals surface area (Å²) in [6.07, 6.45) is 1.92. The summed E-state index contributed by atoms with van der Waals surface area (Å²) < 4.78 is 13.0. The van der Waals surface area contributed by atoms with Crippen LogP contribution in [0.3, 0.4) is 0 Å². The van der Waals surface area contributed by atoms with Crippen molar-refractivity contribution < 1.29 is 4.39 Å². The summed E-state index contributed by atoms with van der Waals surface area (Å²) >= 11 is 11.2. The number of benzene rings is 1. The van der Waals surface area contributed by atoms with Crippen LogP contribution in [0.25, 0.3) is 0 Å². The Morgan fingerprint density at radius 2 is 2.11 bits per heavy atom. The third-order valence-corrected chi connectivity index (χ3v) is 4.81. The number of rotatable bonds is 3. The highest BCUT2D eigenvalue weighted by atomic mass is 35.5. The van der Waals surface area contributed by atoms with Gasteiger partial charge < -0.3 is 5.73 Å². The van der Waals surface area contributed by atoms with Crippen LogP contribution in [0.2, 0.25) is 5.02 Å². The molecule has 5 heteroatoms. The van der Waals surface area contributed by atoms with Gasteiger partial charge in [-0.2, -0.15) is 0 Å². The molecular weight excluding hydrogens is 283 g/mol. The second-order valence-corrected chi connectivity index (χ2v) is 6.28. The molecule has 1 aromatic rings. The van der Waals surface area contributed by atoms with E-state index in [4.69, 9.17) is 29.6 Å². The van der Waals surface area contributed by atoms with E-state index in [9.17, 15) is 4.39 Å². The van der Waals surface area contributed by atoms with Crippen LogP contribution in [0.15, 0.2) is 18.2 Å². The second-order valence-electron chi connectivity index (χ2n) is 5.44. The van der Waals surface area contributed by atoms with Crippen molar-refractivity contribution in [3.8, 4) is 0 Å². The minimum Gasteiger partial charge on any atom is -0.393 e. The molecule has 1 saturated heterocycles. The Bertz CT molecular complexity index is 484. The number of nitrogens with two attached hydrogens (primary N) is 1. The molecule has 1 aromatic carbocycles. The first kappa shape index (κ1) is 14.7. The fraction of sp³-hybridized carbons (Fsp3) is 0.500. The summed E-state index contributed by atoms with van der Waals surface area (Å²) in [6, 6.07) is 4.56. The van der Waals surface area contributed by atoms with E-state index in [1.165, 1.54) is 12.1 Å². The molecule has 2 nitrogen and oxygen atoms in total. The van der Waals surface area contributed by atoms with Gasteiger partial charge in [0.25, 0.3) is 0 Å². The third kappa shape index (κ3) is 3.44. The van der Waals surface area contributed by atoms with Gasteiger partial charge in [-0.15, -0.1) is 0 Å². The van der Waals surface area contributed by atoms with Gasteiger partial charge in [-0.05, 0) is 43.6 Å². The lowest BCUT2D eigenvalue weighted by Crippen LogP contribution is -2.44. The highest BCUT2D eigenvalue weighted by Crippen LogP contribution is 2.32. The van der Waals surface area contributed by atoms with Crippen LogP contribution in [0.1, 0.15) is 25.3 Å². The number of nitrogens with zero attached hydrogens (tertiary/aromatic N) is 1. The van der Waals surface area contributed by atoms with Crippen LogP contribution in [0.4, 0.5) is 4.39 Å². The number of hydrogen-bond acceptors (Lipinski definition) is 2. The molecule has 2 N–H and O–H groups in total. The zero-order valence-corrected chi connectivity index (χ0v) is 12.5. The quantitative estimate of drug-likeness (QED) is 0.868. The predicted molar refractivity (Wildman–Crippen MR) is 80.8 cm³/mol. The van der Waals surface area contributed by atoms with E-state index in [0.717, 1.165) is 38.0 Å². The van der Waals surface area contributed by atoms with Crippen LogP contribution in [0, 0.1) is 11.2 Å². The van der Waals surface area contributed by atoms with Crippen molar-refractivity contribution in [2.75, 3.05) is 13.1 Å². The molecular formula is C14H18ClFN2S. The van der Waals surface area contributed by atoms with E-state index in [1.54, 1.807) is 6.07 Å². The van der Waals surface area contributed by atoms with Gasteiger partial charge in [-0.3, -0.25) is 4.90 Å². The van der Waals surface area contributed by atoms with E-state index in [2.05, 4.69) is 11.8 Å². The van der Waals surface area contributed by atoms with Crippen LogP contribution in [-0.2, 0) is 6.54 Å². The highest BCUT2D eigenvalue weighted by Gasteiger charge is 2.32. The summed E-state index contributed by atoms with van der Waals surface area (Å²) in [5.74, 6) is -0.298. The maximum absolute atomic E-state index is 13.0. The molecule has 0 amide bonds. The molecule has 2 rings (SSSR count). The number of likely N-dealkylation sites (tertiary alicyclic amines) is 1. The van der Waals surface area contributed by atoms with Gasteiger partial charge >= 0.3 is 0 Å². The Labute approximate surface area is 123 Å². The average molecular weight is 301 g/mol. The second kappa shape index (κ2) is 5.73. The van der Waals surface area contributed by atoms with Crippen molar-refractivity contribution in [1.82, 2.24) is 4.90 Å². The third-order valence-electron chi connectivity index (χ3n) is 3.96. The first-order valence-electron chi connectivity index (χ1n) is 6.37. The normalized spacial score (nSPS) is 19.3. The smallest absolute Gasteiger partial charge is 0.124 e. The van der Waals surface area contributed by atoms with Crippen molar-refractivity contribution in [3.63, 3.8) is 0 Å². The molecule has 1 fully saturated rings. The molecule has 0 unspecified atom stereocenters. The molecule has 0 aliphatic carbocycles. The van der Waals surface area contributed by atoms with Gasteiger partial charge in [0.05, 0.1) is 4.99 Å². The Hall–Kier alpha value is -0.710. The van der Waals surface area contributed by atoms with Gasteiger partial charge in [0.1, 0.15) is 5.82 Å². The van der Waals surface area contributed by atoms with E-state index in [0.29, 0.717) is 10.0 Å². The van der Waals surface area contributed by atoms with Crippen LogP contribution in [-0.4, -0.2) is 23.0 Å². The highest BCUT2D eigenvalue weighted by molar-refractivity contribution is 7.80. The summed E-state index contributed by atoms with van der Waals surface area (Å²) in [5.41, 5.74) is 6.72. The van der Waals surface area contributed by atoms with Gasteiger partial charge in [-0.1, -0.05) is 36.8 Å². The fourth-order valence-electron chi connectivity index (χ4n) is 2.34. The molecule has 104 valence electrons. The molecule has 1 heterocycles. The van der Waals surface area contributed by atoms with Gasteiger partial charge in [0, 0.05) is 17.0 Å². The lowest BCUT2D eigenvalue weighted by atomic mass is 9.80. The van der Waals surface area contributed by atoms with Crippen molar-refractivity contribution >= 4 is 28.8 Å². The number of piperidine rings is 1. The number of thiocarbonyl (C=S) groups is 1. The molecule has 0 atom stereocenters. The maximum Gasteiger partial charge on any atom is 0.124 e. The fourth-order valence-corrected chi connectivity index (χ4v) is 2.77. The first-order valence-corrected chi connectivity index (χ1v) is 7.15. The molecule has 0 radical (unpaired) electrons. The molecule has 19 heavy (non-hydrogen) atoms. The standard InChI is InChI=1S/C14H18ClFN2S/c1-14(13(17)19)4-6-18(7-5-14)9-10-2-3-11(16)8-12(10)15/h2-3,8H,4-7,9H2,1H3,(H2,17,19). The molecule has 0 saturated carbocycles. The van der Waals surface area contributed by atoms with Crippen molar-refractivity contribution in [2.45, 2.75) is 26.3 Å². The van der Waals surface area contributed by atoms with Crippen LogP contribution in [0.5, 0.6) is 0 Å². The molecule has 0 bridgehead atoms. The van der Waals surface area contributed by atoms with E-state index >= 15 is 0 Å². The minimum absolute atomic E-state index is 0.0293. The Balaban J connectivity index is 1.98. The maximum atomic E-state index is 13.0. The van der Waals surface area contributed by atoms with Crippen molar-refractivity contribution in [2.24, 2.45) is 11.1 Å². The molecule has 1 aliphatic rings. The predicted octanol–water partition coefficient (Wildman–Crippen LogP) is 3.37. The lowest BCUT2D eigenvalue weighted by Gasteiger charge is -2.38. The van der Waals surface area contributed by atoms with E-state index < -0.39 is 0 Å². The van der Waals surface area contributed by atoms with E-state index in [-0.39, 0.29) is 11.2 Å². The Morgan fingerprint density at radius 1 is 1.47 bits per heavy atom. The van der Waals surface area contributed by atoms with Crippen LogP contribution >= 0.6 is 23.8 Å².